The molecule has 4 rings (SSSR count). The lowest BCUT2D eigenvalue weighted by molar-refractivity contribution is 1.21. The molecule has 0 atom stereocenters. The number of nitrogens with zero attached hydrogens (tertiary/aromatic N) is 2. The van der Waals surface area contributed by atoms with Crippen LogP contribution in [-0.4, -0.2) is 9.97 Å². The van der Waals surface area contributed by atoms with E-state index >= 15 is 0 Å². The molecule has 0 amide bonds. The summed E-state index contributed by atoms with van der Waals surface area (Å²) in [7, 11) is 0. The Kier molecular flexibility index (Phi) is 3.56. The van der Waals surface area contributed by atoms with Gasteiger partial charge < -0.3 is 11.1 Å². The van der Waals surface area contributed by atoms with Crippen LogP contribution in [-0.2, 0) is 0 Å². The quantitative estimate of drug-likeness (QED) is 0.542. The third-order valence-corrected chi connectivity index (χ3v) is 3.83. The molecule has 1 aromatic heterocycles. The summed E-state index contributed by atoms with van der Waals surface area (Å²) in [6.45, 7) is 0. The fourth-order valence-electron chi connectivity index (χ4n) is 2.64. The molecule has 0 bridgehead atoms. The Morgan fingerprint density at radius 2 is 1.62 bits per heavy atom. The zero-order chi connectivity index (χ0) is 16.4. The molecule has 0 saturated carbocycles. The van der Waals surface area contributed by atoms with Gasteiger partial charge in [-0.15, -0.1) is 0 Å². The summed E-state index contributed by atoms with van der Waals surface area (Å²) in [6, 6.07) is 23.9. The molecule has 4 heteroatoms. The maximum absolute atomic E-state index is 5.87. The molecule has 1 heterocycles. The predicted octanol–water partition coefficient (Wildman–Crippen LogP) is 4.62. The number of nitrogen functional groups attached to an aromatic ring is 1. The molecule has 0 unspecified atom stereocenters. The SMILES string of the molecule is Nc1cccc(-c2ccc3nc(Nc4ccccc4)ncc3c2)c1. The minimum Gasteiger partial charge on any atom is -0.399 e. The van der Waals surface area contributed by atoms with E-state index < -0.39 is 0 Å². The first-order chi connectivity index (χ1) is 11.8. The van der Waals surface area contributed by atoms with E-state index in [1.165, 1.54) is 0 Å². The van der Waals surface area contributed by atoms with Crippen molar-refractivity contribution in [2.24, 2.45) is 0 Å². The third-order valence-electron chi connectivity index (χ3n) is 3.83. The number of fused-ring (bicyclic) bond motifs is 1. The molecule has 0 aliphatic carbocycles. The number of para-hydroxylation sites is 1. The number of rotatable bonds is 3. The van der Waals surface area contributed by atoms with Crippen molar-refractivity contribution in [2.75, 3.05) is 11.1 Å². The second kappa shape index (κ2) is 6.01. The summed E-state index contributed by atoms with van der Waals surface area (Å²) in [4.78, 5) is 8.98. The number of hydrogen-bond acceptors (Lipinski definition) is 4. The first-order valence-electron chi connectivity index (χ1n) is 7.73. The molecule has 3 N–H and O–H groups in total. The van der Waals surface area contributed by atoms with Crippen molar-refractivity contribution < 1.29 is 0 Å². The van der Waals surface area contributed by atoms with E-state index in [-0.39, 0.29) is 0 Å². The van der Waals surface area contributed by atoms with Crippen molar-refractivity contribution in [3.63, 3.8) is 0 Å². The van der Waals surface area contributed by atoms with Crippen LogP contribution in [0.5, 0.6) is 0 Å². The first kappa shape index (κ1) is 14.2. The largest absolute Gasteiger partial charge is 0.399 e. The highest BCUT2D eigenvalue weighted by atomic mass is 15.1. The van der Waals surface area contributed by atoms with Gasteiger partial charge in [0, 0.05) is 23.0 Å². The topological polar surface area (TPSA) is 63.8 Å². The zero-order valence-electron chi connectivity index (χ0n) is 13.0. The summed E-state index contributed by atoms with van der Waals surface area (Å²) in [5, 5.41) is 4.21. The number of hydrogen-bond donors (Lipinski definition) is 2. The molecule has 24 heavy (non-hydrogen) atoms. The van der Waals surface area contributed by atoms with E-state index in [0.717, 1.165) is 33.4 Å². The van der Waals surface area contributed by atoms with Crippen molar-refractivity contribution in [1.82, 2.24) is 9.97 Å². The van der Waals surface area contributed by atoms with Gasteiger partial charge in [0.05, 0.1) is 5.52 Å². The van der Waals surface area contributed by atoms with Crippen LogP contribution < -0.4 is 11.1 Å². The van der Waals surface area contributed by atoms with Gasteiger partial charge in [0.1, 0.15) is 0 Å². The van der Waals surface area contributed by atoms with Gasteiger partial charge in [0.15, 0.2) is 0 Å². The van der Waals surface area contributed by atoms with E-state index in [1.807, 2.05) is 66.9 Å². The Labute approximate surface area is 140 Å². The second-order valence-corrected chi connectivity index (χ2v) is 5.58. The van der Waals surface area contributed by atoms with Crippen LogP contribution >= 0.6 is 0 Å². The Morgan fingerprint density at radius 1 is 0.792 bits per heavy atom. The maximum Gasteiger partial charge on any atom is 0.227 e. The molecule has 0 aliphatic heterocycles. The van der Waals surface area contributed by atoms with Gasteiger partial charge >= 0.3 is 0 Å². The standard InChI is InChI=1S/C20H16N4/c21-17-6-4-5-14(12-17)15-9-10-19-16(11-15)13-22-20(24-19)23-18-7-2-1-3-8-18/h1-13H,21H2,(H,22,23,24). The molecular formula is C20H16N4. The minimum absolute atomic E-state index is 0.588. The van der Waals surface area contributed by atoms with Gasteiger partial charge in [0.2, 0.25) is 5.95 Å². The highest BCUT2D eigenvalue weighted by Gasteiger charge is 2.04. The van der Waals surface area contributed by atoms with Crippen LogP contribution in [0.1, 0.15) is 0 Å². The molecule has 0 saturated heterocycles. The lowest BCUT2D eigenvalue weighted by atomic mass is 10.0. The predicted molar refractivity (Wildman–Crippen MR) is 99.1 cm³/mol. The number of nitrogens with one attached hydrogen (secondary N) is 1. The van der Waals surface area contributed by atoms with Crippen LogP contribution in [0.3, 0.4) is 0 Å². The molecule has 0 spiro atoms. The van der Waals surface area contributed by atoms with E-state index in [2.05, 4.69) is 27.4 Å². The van der Waals surface area contributed by atoms with Gasteiger partial charge in [0.25, 0.3) is 0 Å². The average Bonchev–Trinajstić information content (AvgIpc) is 2.62. The first-order valence-corrected chi connectivity index (χ1v) is 7.73. The number of anilines is 3. The Hall–Kier alpha value is -3.40. The zero-order valence-corrected chi connectivity index (χ0v) is 13.0. The molecule has 0 fully saturated rings. The van der Waals surface area contributed by atoms with Crippen molar-refractivity contribution in [3.05, 3.63) is 79.0 Å². The van der Waals surface area contributed by atoms with Gasteiger partial charge in [-0.2, -0.15) is 0 Å². The van der Waals surface area contributed by atoms with Gasteiger partial charge in [-0.25, -0.2) is 9.97 Å². The van der Waals surface area contributed by atoms with Crippen LogP contribution in [0.25, 0.3) is 22.0 Å². The summed E-state index contributed by atoms with van der Waals surface area (Å²) >= 11 is 0. The Bertz CT molecular complexity index is 997. The van der Waals surface area contributed by atoms with Crippen molar-refractivity contribution in [3.8, 4) is 11.1 Å². The highest BCUT2D eigenvalue weighted by Crippen LogP contribution is 2.25. The molecule has 0 aliphatic rings. The number of benzene rings is 3. The second-order valence-electron chi connectivity index (χ2n) is 5.58. The molecule has 116 valence electrons. The van der Waals surface area contributed by atoms with Crippen molar-refractivity contribution in [1.29, 1.82) is 0 Å². The summed E-state index contributed by atoms with van der Waals surface area (Å²) in [5.74, 6) is 0.588. The normalized spacial score (nSPS) is 10.7. The summed E-state index contributed by atoms with van der Waals surface area (Å²) in [6.07, 6.45) is 1.84. The maximum atomic E-state index is 5.87. The van der Waals surface area contributed by atoms with Gasteiger partial charge in [-0.3, -0.25) is 0 Å². The van der Waals surface area contributed by atoms with E-state index in [4.69, 9.17) is 5.73 Å². The molecule has 0 radical (unpaired) electrons. The van der Waals surface area contributed by atoms with Crippen molar-refractivity contribution >= 4 is 28.2 Å². The lowest BCUT2D eigenvalue weighted by Gasteiger charge is -2.07. The molecule has 4 aromatic rings. The van der Waals surface area contributed by atoms with Crippen LogP contribution in [0.2, 0.25) is 0 Å². The van der Waals surface area contributed by atoms with Gasteiger partial charge in [-0.1, -0.05) is 36.4 Å². The fourth-order valence-corrected chi connectivity index (χ4v) is 2.64. The van der Waals surface area contributed by atoms with E-state index in [0.29, 0.717) is 5.95 Å². The number of nitrogens with two attached hydrogens (primary N) is 1. The highest BCUT2D eigenvalue weighted by molar-refractivity contribution is 5.85. The Morgan fingerprint density at radius 3 is 2.46 bits per heavy atom. The Balaban J connectivity index is 1.68. The van der Waals surface area contributed by atoms with Crippen LogP contribution in [0.15, 0.2) is 79.0 Å². The van der Waals surface area contributed by atoms with Crippen LogP contribution in [0.4, 0.5) is 17.3 Å². The summed E-state index contributed by atoms with van der Waals surface area (Å²) in [5.41, 5.74) is 10.7. The minimum atomic E-state index is 0.588. The number of aromatic nitrogens is 2. The molecule has 4 nitrogen and oxygen atoms in total. The lowest BCUT2D eigenvalue weighted by Crippen LogP contribution is -1.96. The molecular weight excluding hydrogens is 296 g/mol. The smallest absolute Gasteiger partial charge is 0.227 e. The van der Waals surface area contributed by atoms with Gasteiger partial charge in [-0.05, 0) is 47.5 Å². The summed E-state index contributed by atoms with van der Waals surface area (Å²) < 4.78 is 0. The van der Waals surface area contributed by atoms with Crippen molar-refractivity contribution in [2.45, 2.75) is 0 Å². The third kappa shape index (κ3) is 2.90. The average molecular weight is 312 g/mol. The fraction of sp³-hybridized carbons (Fsp3) is 0. The van der Waals surface area contributed by atoms with E-state index in [9.17, 15) is 0 Å². The van der Waals surface area contributed by atoms with E-state index in [1.54, 1.807) is 0 Å². The molecule has 3 aromatic carbocycles. The van der Waals surface area contributed by atoms with Crippen LogP contribution in [0, 0.1) is 0 Å². The monoisotopic (exact) mass is 312 g/mol.